The molecule has 0 spiro atoms. The van der Waals surface area contributed by atoms with E-state index in [1.54, 1.807) is 0 Å². The number of hydrogen-bond donors (Lipinski definition) is 0. The monoisotopic (exact) mass is 210 g/mol. The van der Waals surface area contributed by atoms with Crippen LogP contribution in [0.1, 0.15) is 42.3 Å². The SMILES string of the molecule is CCC(C)C(Cl)c1cc(C)cc(C)c1. The lowest BCUT2D eigenvalue weighted by Gasteiger charge is -2.17. The lowest BCUT2D eigenvalue weighted by atomic mass is 9.96. The molecule has 0 saturated heterocycles. The fourth-order valence-corrected chi connectivity index (χ4v) is 2.01. The van der Waals surface area contributed by atoms with Crippen molar-refractivity contribution in [2.75, 3.05) is 0 Å². The molecule has 0 aliphatic rings. The van der Waals surface area contributed by atoms with Crippen molar-refractivity contribution in [2.24, 2.45) is 5.92 Å². The van der Waals surface area contributed by atoms with Crippen LogP contribution in [0.3, 0.4) is 0 Å². The Labute approximate surface area is 92.3 Å². The quantitative estimate of drug-likeness (QED) is 0.639. The zero-order chi connectivity index (χ0) is 10.7. The van der Waals surface area contributed by atoms with Gasteiger partial charge in [0.15, 0.2) is 0 Å². The van der Waals surface area contributed by atoms with Gasteiger partial charge in [-0.05, 0) is 25.3 Å². The molecule has 0 bridgehead atoms. The molecule has 1 aromatic carbocycles. The Hall–Kier alpha value is -0.490. The third-order valence-electron chi connectivity index (χ3n) is 2.71. The van der Waals surface area contributed by atoms with Crippen molar-refractivity contribution in [1.82, 2.24) is 0 Å². The molecule has 0 saturated carbocycles. The Bertz CT molecular complexity index is 284. The highest BCUT2D eigenvalue weighted by atomic mass is 35.5. The lowest BCUT2D eigenvalue weighted by molar-refractivity contribution is 0.542. The van der Waals surface area contributed by atoms with E-state index in [1.165, 1.54) is 16.7 Å². The van der Waals surface area contributed by atoms with Gasteiger partial charge in [0.25, 0.3) is 0 Å². The smallest absolute Gasteiger partial charge is 0.0610 e. The van der Waals surface area contributed by atoms with Crippen molar-refractivity contribution >= 4 is 11.6 Å². The van der Waals surface area contributed by atoms with Gasteiger partial charge in [-0.2, -0.15) is 0 Å². The van der Waals surface area contributed by atoms with E-state index in [-0.39, 0.29) is 5.38 Å². The van der Waals surface area contributed by atoms with Crippen LogP contribution in [0.2, 0.25) is 0 Å². The Kier molecular flexibility index (Phi) is 4.00. The number of hydrogen-bond acceptors (Lipinski definition) is 0. The molecule has 0 fully saturated rings. The fourth-order valence-electron chi connectivity index (χ4n) is 1.70. The summed E-state index contributed by atoms with van der Waals surface area (Å²) >= 11 is 6.40. The molecule has 0 N–H and O–H groups in total. The first-order valence-electron chi connectivity index (χ1n) is 5.26. The molecule has 0 radical (unpaired) electrons. The second-order valence-electron chi connectivity index (χ2n) is 4.21. The van der Waals surface area contributed by atoms with Crippen molar-refractivity contribution in [2.45, 2.75) is 39.5 Å². The molecule has 1 aromatic rings. The molecule has 0 heterocycles. The molecule has 0 aliphatic heterocycles. The third kappa shape index (κ3) is 2.75. The average molecular weight is 211 g/mol. The Morgan fingerprint density at radius 3 is 2.07 bits per heavy atom. The summed E-state index contributed by atoms with van der Waals surface area (Å²) in [6.07, 6.45) is 1.13. The Balaban J connectivity index is 2.94. The maximum atomic E-state index is 6.40. The minimum absolute atomic E-state index is 0.151. The number of benzene rings is 1. The summed E-state index contributed by atoms with van der Waals surface area (Å²) in [6.45, 7) is 8.63. The van der Waals surface area contributed by atoms with E-state index in [9.17, 15) is 0 Å². The van der Waals surface area contributed by atoms with Gasteiger partial charge >= 0.3 is 0 Å². The molecule has 0 aliphatic carbocycles. The van der Waals surface area contributed by atoms with Crippen LogP contribution < -0.4 is 0 Å². The van der Waals surface area contributed by atoms with Gasteiger partial charge in [0.1, 0.15) is 0 Å². The molecule has 0 nitrogen and oxygen atoms in total. The summed E-state index contributed by atoms with van der Waals surface area (Å²) in [5.74, 6) is 0.540. The fraction of sp³-hybridized carbons (Fsp3) is 0.538. The topological polar surface area (TPSA) is 0 Å². The van der Waals surface area contributed by atoms with Gasteiger partial charge in [-0.1, -0.05) is 49.6 Å². The van der Waals surface area contributed by atoms with E-state index >= 15 is 0 Å². The van der Waals surface area contributed by atoms with Gasteiger partial charge in [-0.25, -0.2) is 0 Å². The standard InChI is InChI=1S/C13H19Cl/c1-5-11(4)13(14)12-7-9(2)6-10(3)8-12/h6-8,11,13H,5H2,1-4H3. The molecule has 2 atom stereocenters. The van der Waals surface area contributed by atoms with Crippen molar-refractivity contribution in [3.8, 4) is 0 Å². The van der Waals surface area contributed by atoms with E-state index in [2.05, 4.69) is 45.9 Å². The van der Waals surface area contributed by atoms with Gasteiger partial charge < -0.3 is 0 Å². The summed E-state index contributed by atoms with van der Waals surface area (Å²) in [6, 6.07) is 6.57. The zero-order valence-electron chi connectivity index (χ0n) is 9.47. The minimum atomic E-state index is 0.151. The molecule has 78 valence electrons. The number of aryl methyl sites for hydroxylation is 2. The van der Waals surface area contributed by atoms with Crippen LogP contribution in [0.15, 0.2) is 18.2 Å². The van der Waals surface area contributed by atoms with E-state index in [1.807, 2.05) is 0 Å². The first-order valence-corrected chi connectivity index (χ1v) is 5.70. The average Bonchev–Trinajstić information content (AvgIpc) is 2.14. The van der Waals surface area contributed by atoms with Crippen LogP contribution in [0.4, 0.5) is 0 Å². The number of alkyl halides is 1. The summed E-state index contributed by atoms with van der Waals surface area (Å²) in [5, 5.41) is 0.151. The van der Waals surface area contributed by atoms with Crippen molar-refractivity contribution in [3.63, 3.8) is 0 Å². The minimum Gasteiger partial charge on any atom is -0.118 e. The largest absolute Gasteiger partial charge is 0.118 e. The summed E-state index contributed by atoms with van der Waals surface area (Å²) in [7, 11) is 0. The van der Waals surface area contributed by atoms with Crippen LogP contribution in [0.5, 0.6) is 0 Å². The molecule has 0 aromatic heterocycles. The summed E-state index contributed by atoms with van der Waals surface area (Å²) in [4.78, 5) is 0. The van der Waals surface area contributed by atoms with Gasteiger partial charge in [-0.15, -0.1) is 11.6 Å². The van der Waals surface area contributed by atoms with E-state index in [0.717, 1.165) is 6.42 Å². The second kappa shape index (κ2) is 4.84. The highest BCUT2D eigenvalue weighted by molar-refractivity contribution is 6.21. The van der Waals surface area contributed by atoms with Crippen LogP contribution in [-0.2, 0) is 0 Å². The number of rotatable bonds is 3. The summed E-state index contributed by atoms with van der Waals surface area (Å²) in [5.41, 5.74) is 3.86. The molecular formula is C13H19Cl. The Morgan fingerprint density at radius 1 is 1.14 bits per heavy atom. The van der Waals surface area contributed by atoms with Crippen LogP contribution in [0.25, 0.3) is 0 Å². The maximum absolute atomic E-state index is 6.40. The van der Waals surface area contributed by atoms with E-state index in [0.29, 0.717) is 5.92 Å². The second-order valence-corrected chi connectivity index (χ2v) is 4.68. The van der Waals surface area contributed by atoms with Gasteiger partial charge in [0, 0.05) is 0 Å². The molecular weight excluding hydrogens is 192 g/mol. The first kappa shape index (κ1) is 11.6. The highest BCUT2D eigenvalue weighted by Crippen LogP contribution is 2.31. The molecule has 0 amide bonds. The normalized spacial score (nSPS) is 15.2. The predicted octanol–water partition coefficient (Wildman–Crippen LogP) is 4.63. The van der Waals surface area contributed by atoms with Gasteiger partial charge in [-0.3, -0.25) is 0 Å². The molecule has 14 heavy (non-hydrogen) atoms. The molecule has 1 rings (SSSR count). The zero-order valence-corrected chi connectivity index (χ0v) is 10.2. The first-order chi connectivity index (χ1) is 6.54. The third-order valence-corrected chi connectivity index (χ3v) is 3.39. The van der Waals surface area contributed by atoms with Crippen molar-refractivity contribution in [3.05, 3.63) is 34.9 Å². The number of halogens is 1. The van der Waals surface area contributed by atoms with E-state index < -0.39 is 0 Å². The highest BCUT2D eigenvalue weighted by Gasteiger charge is 2.15. The van der Waals surface area contributed by atoms with E-state index in [4.69, 9.17) is 11.6 Å². The van der Waals surface area contributed by atoms with Crippen molar-refractivity contribution < 1.29 is 0 Å². The van der Waals surface area contributed by atoms with Crippen LogP contribution in [-0.4, -0.2) is 0 Å². The molecule has 1 heteroatoms. The van der Waals surface area contributed by atoms with Crippen molar-refractivity contribution in [1.29, 1.82) is 0 Å². The van der Waals surface area contributed by atoms with Gasteiger partial charge in [0.2, 0.25) is 0 Å². The molecule has 2 unspecified atom stereocenters. The lowest BCUT2D eigenvalue weighted by Crippen LogP contribution is -2.03. The summed E-state index contributed by atoms with van der Waals surface area (Å²) < 4.78 is 0. The Morgan fingerprint density at radius 2 is 1.64 bits per heavy atom. The van der Waals surface area contributed by atoms with Gasteiger partial charge in [0.05, 0.1) is 5.38 Å². The predicted molar refractivity (Wildman–Crippen MR) is 64.0 cm³/mol. The van der Waals surface area contributed by atoms with Crippen LogP contribution in [0, 0.1) is 19.8 Å². The maximum Gasteiger partial charge on any atom is 0.0610 e. The van der Waals surface area contributed by atoms with Crippen LogP contribution >= 0.6 is 11.6 Å².